The largest absolute Gasteiger partial charge is 0.351 e. The number of hydrogen-bond acceptors (Lipinski definition) is 5. The van der Waals surface area contributed by atoms with Gasteiger partial charge in [0.15, 0.2) is 0 Å². The summed E-state index contributed by atoms with van der Waals surface area (Å²) in [4.78, 5) is 16.1. The minimum atomic E-state index is -0.312. The maximum absolute atomic E-state index is 11.8. The summed E-state index contributed by atoms with van der Waals surface area (Å²) in [5, 5.41) is 7.25. The van der Waals surface area contributed by atoms with E-state index in [1.165, 1.54) is 12.3 Å². The van der Waals surface area contributed by atoms with Gasteiger partial charge in [0, 0.05) is 11.8 Å². The van der Waals surface area contributed by atoms with E-state index in [2.05, 4.69) is 15.5 Å². The van der Waals surface area contributed by atoms with Crippen molar-refractivity contribution in [3.8, 4) is 0 Å². The quantitative estimate of drug-likeness (QED) is 0.768. The molecule has 3 rings (SSSR count). The van der Waals surface area contributed by atoms with Crippen molar-refractivity contribution in [1.29, 1.82) is 0 Å². The summed E-state index contributed by atoms with van der Waals surface area (Å²) in [5.74, 6) is -0.122. The van der Waals surface area contributed by atoms with E-state index in [-0.39, 0.29) is 11.7 Å². The molecule has 0 bridgehead atoms. The van der Waals surface area contributed by atoms with Gasteiger partial charge in [0.1, 0.15) is 0 Å². The number of anilines is 1. The Bertz CT molecular complexity index is 703. The number of rotatable bonds is 2. The Morgan fingerprint density at radius 2 is 2.28 bits per heavy atom. The molecule has 0 atom stereocenters. The smallest absolute Gasteiger partial charge is 0.294 e. The highest BCUT2D eigenvalue weighted by atomic mass is 32.1. The van der Waals surface area contributed by atoms with E-state index in [9.17, 15) is 4.79 Å². The summed E-state index contributed by atoms with van der Waals surface area (Å²) in [5.41, 5.74) is 1.66. The number of benzene rings is 1. The minimum absolute atomic E-state index is 0.190. The molecule has 90 valence electrons. The number of aryl methyl sites for hydroxylation is 1. The Balaban J connectivity index is 1.88. The maximum Gasteiger partial charge on any atom is 0.294 e. The van der Waals surface area contributed by atoms with Crippen molar-refractivity contribution in [3.05, 3.63) is 41.2 Å². The van der Waals surface area contributed by atoms with Gasteiger partial charge < -0.3 is 9.84 Å². The van der Waals surface area contributed by atoms with E-state index in [0.29, 0.717) is 5.69 Å². The third-order valence-corrected chi connectivity index (χ3v) is 3.35. The molecule has 1 aromatic carbocycles. The fourth-order valence-corrected chi connectivity index (χ4v) is 2.51. The van der Waals surface area contributed by atoms with E-state index in [1.54, 1.807) is 11.3 Å². The van der Waals surface area contributed by atoms with Crippen molar-refractivity contribution >= 4 is 33.1 Å². The average molecular weight is 259 g/mol. The fourth-order valence-electron chi connectivity index (χ4n) is 1.64. The number of fused-ring (bicyclic) bond motifs is 1. The second-order valence-corrected chi connectivity index (χ2v) is 4.98. The van der Waals surface area contributed by atoms with Crippen LogP contribution in [-0.2, 0) is 0 Å². The third kappa shape index (κ3) is 1.98. The molecule has 18 heavy (non-hydrogen) atoms. The van der Waals surface area contributed by atoms with Crippen LogP contribution < -0.4 is 5.32 Å². The first-order valence-corrected chi connectivity index (χ1v) is 6.13. The molecule has 1 amide bonds. The predicted octanol–water partition coefficient (Wildman–Crippen LogP) is 2.85. The topological polar surface area (TPSA) is 68.0 Å². The Hall–Kier alpha value is -2.21. The molecule has 0 unspecified atom stereocenters. The number of carbonyl (C=O) groups excluding carboxylic acids is 1. The number of amides is 1. The summed E-state index contributed by atoms with van der Waals surface area (Å²) < 4.78 is 5.83. The monoisotopic (exact) mass is 259 g/mol. The van der Waals surface area contributed by atoms with Gasteiger partial charge in [-0.05, 0) is 25.1 Å². The Labute approximate surface area is 106 Å². The first-order chi connectivity index (χ1) is 8.72. The average Bonchev–Trinajstić information content (AvgIpc) is 2.95. The van der Waals surface area contributed by atoms with Crippen LogP contribution in [0.2, 0.25) is 0 Å². The van der Waals surface area contributed by atoms with Crippen molar-refractivity contribution in [2.75, 3.05) is 5.32 Å². The predicted molar refractivity (Wildman–Crippen MR) is 68.8 cm³/mol. The molecule has 0 saturated carbocycles. The molecule has 6 heteroatoms. The standard InChI is InChI=1S/C12H9N3O2S/c1-7-14-9-3-2-8(6-11(9)18-7)15-12(16)10-4-5-13-17-10/h2-6H,1H3,(H,15,16). The van der Waals surface area contributed by atoms with Crippen molar-refractivity contribution in [2.45, 2.75) is 6.92 Å². The van der Waals surface area contributed by atoms with Gasteiger partial charge in [0.05, 0.1) is 21.4 Å². The molecule has 2 aromatic heterocycles. The number of hydrogen-bond donors (Lipinski definition) is 1. The zero-order valence-electron chi connectivity index (χ0n) is 9.51. The van der Waals surface area contributed by atoms with Crippen LogP contribution in [0.3, 0.4) is 0 Å². The lowest BCUT2D eigenvalue weighted by atomic mass is 10.3. The van der Waals surface area contributed by atoms with Crippen LogP contribution in [0, 0.1) is 6.92 Å². The molecule has 0 fully saturated rings. The van der Waals surface area contributed by atoms with Crippen LogP contribution in [0.5, 0.6) is 0 Å². The zero-order valence-corrected chi connectivity index (χ0v) is 10.3. The third-order valence-electron chi connectivity index (χ3n) is 2.41. The molecule has 0 aliphatic heterocycles. The van der Waals surface area contributed by atoms with E-state index < -0.39 is 0 Å². The number of thiazole rings is 1. The second-order valence-electron chi connectivity index (χ2n) is 3.75. The highest BCUT2D eigenvalue weighted by Crippen LogP contribution is 2.24. The van der Waals surface area contributed by atoms with Crippen LogP contribution in [0.25, 0.3) is 10.2 Å². The van der Waals surface area contributed by atoms with Crippen molar-refractivity contribution < 1.29 is 9.32 Å². The highest BCUT2D eigenvalue weighted by Gasteiger charge is 2.10. The lowest BCUT2D eigenvalue weighted by Crippen LogP contribution is -2.10. The van der Waals surface area contributed by atoms with E-state index in [4.69, 9.17) is 4.52 Å². The van der Waals surface area contributed by atoms with Crippen LogP contribution in [-0.4, -0.2) is 16.0 Å². The van der Waals surface area contributed by atoms with Crippen LogP contribution >= 0.6 is 11.3 Å². The van der Waals surface area contributed by atoms with Gasteiger partial charge >= 0.3 is 0 Å². The van der Waals surface area contributed by atoms with Crippen LogP contribution in [0.15, 0.2) is 35.0 Å². The van der Waals surface area contributed by atoms with Gasteiger partial charge in [0.25, 0.3) is 5.91 Å². The molecule has 0 saturated heterocycles. The fraction of sp³-hybridized carbons (Fsp3) is 0.0833. The summed E-state index contributed by atoms with van der Waals surface area (Å²) in [6.45, 7) is 1.96. The Morgan fingerprint density at radius 1 is 1.39 bits per heavy atom. The van der Waals surface area contributed by atoms with E-state index in [0.717, 1.165) is 15.2 Å². The molecule has 5 nitrogen and oxygen atoms in total. The summed E-state index contributed by atoms with van der Waals surface area (Å²) in [6, 6.07) is 7.11. The van der Waals surface area contributed by atoms with Crippen molar-refractivity contribution in [3.63, 3.8) is 0 Å². The lowest BCUT2D eigenvalue weighted by molar-refractivity contribution is 0.0988. The van der Waals surface area contributed by atoms with Gasteiger partial charge in [0.2, 0.25) is 5.76 Å². The molecule has 3 aromatic rings. The van der Waals surface area contributed by atoms with Gasteiger partial charge in [-0.3, -0.25) is 4.79 Å². The first kappa shape index (κ1) is 10.9. The van der Waals surface area contributed by atoms with Crippen molar-refractivity contribution in [1.82, 2.24) is 10.1 Å². The van der Waals surface area contributed by atoms with Crippen LogP contribution in [0.4, 0.5) is 5.69 Å². The Kier molecular flexibility index (Phi) is 2.56. The number of aromatic nitrogens is 2. The Morgan fingerprint density at radius 3 is 3.06 bits per heavy atom. The molecule has 2 heterocycles. The van der Waals surface area contributed by atoms with Gasteiger partial charge in [-0.1, -0.05) is 5.16 Å². The summed E-state index contributed by atoms with van der Waals surface area (Å²) in [6.07, 6.45) is 1.44. The summed E-state index contributed by atoms with van der Waals surface area (Å²) in [7, 11) is 0. The highest BCUT2D eigenvalue weighted by molar-refractivity contribution is 7.18. The van der Waals surface area contributed by atoms with Gasteiger partial charge in [-0.15, -0.1) is 11.3 Å². The molecule has 0 aliphatic carbocycles. The molecule has 1 N–H and O–H groups in total. The maximum atomic E-state index is 11.8. The molecular weight excluding hydrogens is 250 g/mol. The van der Waals surface area contributed by atoms with Crippen LogP contribution in [0.1, 0.15) is 15.6 Å². The normalized spacial score (nSPS) is 10.7. The van der Waals surface area contributed by atoms with Crippen molar-refractivity contribution in [2.24, 2.45) is 0 Å². The molecule has 0 aliphatic rings. The van der Waals surface area contributed by atoms with Gasteiger partial charge in [-0.2, -0.15) is 0 Å². The lowest BCUT2D eigenvalue weighted by Gasteiger charge is -2.01. The minimum Gasteiger partial charge on any atom is -0.351 e. The SMILES string of the molecule is Cc1nc2ccc(NC(=O)c3ccno3)cc2s1. The van der Waals surface area contributed by atoms with Gasteiger partial charge in [-0.25, -0.2) is 4.98 Å². The first-order valence-electron chi connectivity index (χ1n) is 5.31. The molecule has 0 radical (unpaired) electrons. The van der Waals surface area contributed by atoms with E-state index in [1.807, 2.05) is 25.1 Å². The number of carbonyl (C=O) groups is 1. The summed E-state index contributed by atoms with van der Waals surface area (Å²) >= 11 is 1.59. The molecular formula is C12H9N3O2S. The number of nitrogens with one attached hydrogen (secondary N) is 1. The molecule has 0 spiro atoms. The number of nitrogens with zero attached hydrogens (tertiary/aromatic N) is 2. The second kappa shape index (κ2) is 4.23. The zero-order chi connectivity index (χ0) is 12.5. The van der Waals surface area contributed by atoms with E-state index >= 15 is 0 Å².